The number of hydrogen-bond donors (Lipinski definition) is 1. The second-order valence-electron chi connectivity index (χ2n) is 6.11. The Morgan fingerprint density at radius 2 is 1.08 bits per heavy atom. The molecule has 0 heterocycles. The van der Waals surface area contributed by atoms with Gasteiger partial charge in [-0.2, -0.15) is 0 Å². The van der Waals surface area contributed by atoms with E-state index in [4.69, 9.17) is 0 Å². The Hall–Kier alpha value is -1.84. The number of benzene rings is 3. The van der Waals surface area contributed by atoms with E-state index in [1.165, 1.54) is 14.3 Å². The van der Waals surface area contributed by atoms with Crippen LogP contribution in [0, 0.1) is 0 Å². The third-order valence-electron chi connectivity index (χ3n) is 4.82. The van der Waals surface area contributed by atoms with E-state index >= 15 is 0 Å². The Kier molecular flexibility index (Phi) is 6.11. The molecule has 25 heavy (non-hydrogen) atoms. The molecular weight excluding hydrogens is 411 g/mol. The molecule has 2 heteroatoms. The van der Waals surface area contributed by atoms with Crippen molar-refractivity contribution in [3.63, 3.8) is 0 Å². The number of aliphatic hydroxyl groups excluding tert-OH is 1. The molecular formula is C23H24OSn. The van der Waals surface area contributed by atoms with Crippen LogP contribution in [0.3, 0.4) is 0 Å². The molecule has 0 saturated heterocycles. The molecule has 0 aliphatic heterocycles. The summed E-state index contributed by atoms with van der Waals surface area (Å²) in [5, 5.41) is 9.73. The SMILES string of the molecule is CC/[C](=C/CO)[Sn]([c]1ccccc1)([c]1ccccc1)[c]1ccccc1. The van der Waals surface area contributed by atoms with Crippen LogP contribution in [0.25, 0.3) is 0 Å². The quantitative estimate of drug-likeness (QED) is 0.591. The summed E-state index contributed by atoms with van der Waals surface area (Å²) in [6.07, 6.45) is 3.01. The zero-order valence-electron chi connectivity index (χ0n) is 14.6. The molecule has 0 aliphatic carbocycles. The maximum atomic E-state index is 9.73. The van der Waals surface area contributed by atoms with Crippen molar-refractivity contribution < 1.29 is 5.11 Å². The normalized spacial score (nSPS) is 12.2. The molecule has 0 aromatic heterocycles. The van der Waals surface area contributed by atoms with Crippen LogP contribution < -0.4 is 10.7 Å². The van der Waals surface area contributed by atoms with Crippen LogP contribution in [0.15, 0.2) is 101 Å². The summed E-state index contributed by atoms with van der Waals surface area (Å²) in [7, 11) is 0. The van der Waals surface area contributed by atoms with Gasteiger partial charge in [0.1, 0.15) is 0 Å². The van der Waals surface area contributed by atoms with Crippen molar-refractivity contribution in [2.75, 3.05) is 6.61 Å². The average molecular weight is 435 g/mol. The fourth-order valence-corrected chi connectivity index (χ4v) is 18.4. The van der Waals surface area contributed by atoms with Gasteiger partial charge in [-0.15, -0.1) is 0 Å². The molecule has 0 amide bonds. The van der Waals surface area contributed by atoms with E-state index in [0.717, 1.165) is 6.42 Å². The Morgan fingerprint density at radius 3 is 1.36 bits per heavy atom. The van der Waals surface area contributed by atoms with Gasteiger partial charge in [-0.25, -0.2) is 0 Å². The van der Waals surface area contributed by atoms with Gasteiger partial charge in [0.15, 0.2) is 0 Å². The molecule has 126 valence electrons. The fraction of sp³-hybridized carbons (Fsp3) is 0.130. The molecule has 3 aromatic rings. The van der Waals surface area contributed by atoms with E-state index in [1.807, 2.05) is 0 Å². The van der Waals surface area contributed by atoms with Crippen LogP contribution in [0.1, 0.15) is 13.3 Å². The van der Waals surface area contributed by atoms with Crippen LogP contribution in [0.4, 0.5) is 0 Å². The van der Waals surface area contributed by atoms with E-state index in [-0.39, 0.29) is 6.61 Å². The molecule has 1 nitrogen and oxygen atoms in total. The Morgan fingerprint density at radius 1 is 0.720 bits per heavy atom. The second kappa shape index (κ2) is 8.50. The predicted molar refractivity (Wildman–Crippen MR) is 109 cm³/mol. The summed E-state index contributed by atoms with van der Waals surface area (Å²) in [6.45, 7) is 2.30. The summed E-state index contributed by atoms with van der Waals surface area (Å²) in [5.74, 6) is 0. The van der Waals surface area contributed by atoms with Crippen LogP contribution >= 0.6 is 0 Å². The Labute approximate surface area is 154 Å². The van der Waals surface area contributed by atoms with Gasteiger partial charge in [-0.1, -0.05) is 0 Å². The number of rotatable bonds is 6. The zero-order valence-corrected chi connectivity index (χ0v) is 17.5. The van der Waals surface area contributed by atoms with E-state index < -0.39 is 18.4 Å². The molecule has 0 bridgehead atoms. The first-order valence-corrected chi connectivity index (χ1v) is 14.5. The van der Waals surface area contributed by atoms with E-state index in [1.54, 1.807) is 0 Å². The minimum atomic E-state index is -3.38. The topological polar surface area (TPSA) is 20.2 Å². The molecule has 0 atom stereocenters. The van der Waals surface area contributed by atoms with Gasteiger partial charge < -0.3 is 0 Å². The minimum absolute atomic E-state index is 0.0916. The summed E-state index contributed by atoms with van der Waals surface area (Å²) in [4.78, 5) is 0. The first-order valence-electron chi connectivity index (χ1n) is 8.81. The zero-order chi connectivity index (χ0) is 17.5. The Bertz CT molecular complexity index is 714. The van der Waals surface area contributed by atoms with Gasteiger partial charge in [0, 0.05) is 0 Å². The molecule has 0 unspecified atom stereocenters. The van der Waals surface area contributed by atoms with Crippen molar-refractivity contribution in [2.45, 2.75) is 13.3 Å². The van der Waals surface area contributed by atoms with Crippen LogP contribution in [0.5, 0.6) is 0 Å². The van der Waals surface area contributed by atoms with Crippen molar-refractivity contribution in [1.82, 2.24) is 0 Å². The molecule has 0 radical (unpaired) electrons. The molecule has 0 fully saturated rings. The summed E-state index contributed by atoms with van der Waals surface area (Å²) >= 11 is -3.38. The van der Waals surface area contributed by atoms with Crippen LogP contribution in [-0.2, 0) is 0 Å². The van der Waals surface area contributed by atoms with E-state index in [2.05, 4.69) is 104 Å². The van der Waals surface area contributed by atoms with E-state index in [0.29, 0.717) is 0 Å². The molecule has 0 spiro atoms. The summed E-state index contributed by atoms with van der Waals surface area (Å²) < 4.78 is 5.70. The average Bonchev–Trinajstić information content (AvgIpc) is 2.70. The van der Waals surface area contributed by atoms with E-state index in [9.17, 15) is 5.11 Å². The first-order chi connectivity index (χ1) is 12.3. The van der Waals surface area contributed by atoms with Crippen LogP contribution in [-0.4, -0.2) is 30.1 Å². The molecule has 1 N–H and O–H groups in total. The van der Waals surface area contributed by atoms with Crippen molar-refractivity contribution in [1.29, 1.82) is 0 Å². The number of hydrogen-bond acceptors (Lipinski definition) is 1. The maximum absolute atomic E-state index is 9.73. The van der Waals surface area contributed by atoms with Gasteiger partial charge in [0.25, 0.3) is 0 Å². The third-order valence-corrected chi connectivity index (χ3v) is 19.4. The molecule has 3 aromatic carbocycles. The third kappa shape index (κ3) is 3.44. The molecule has 3 rings (SSSR count). The predicted octanol–water partition coefficient (Wildman–Crippen LogP) is 3.02. The van der Waals surface area contributed by atoms with Crippen molar-refractivity contribution in [2.24, 2.45) is 0 Å². The first kappa shape index (κ1) is 18.0. The van der Waals surface area contributed by atoms with Crippen molar-refractivity contribution in [3.8, 4) is 0 Å². The number of allylic oxidation sites excluding steroid dienone is 1. The summed E-state index contributed by atoms with van der Waals surface area (Å²) in [5.41, 5.74) is 0. The van der Waals surface area contributed by atoms with Gasteiger partial charge in [0.05, 0.1) is 0 Å². The Balaban J connectivity index is 2.42. The standard InChI is InChI=1S/3C6H5.C5H9O.Sn/c3*1-2-4-6-5-3-1;1-2-3-4-5-6;/h3*1-5H;4,6H,2,5H2,1H3;. The summed E-state index contributed by atoms with van der Waals surface area (Å²) in [6, 6.07) is 32.7. The van der Waals surface area contributed by atoms with Gasteiger partial charge >= 0.3 is 155 Å². The van der Waals surface area contributed by atoms with Crippen molar-refractivity contribution >= 4 is 29.1 Å². The second-order valence-corrected chi connectivity index (χ2v) is 17.2. The molecule has 0 saturated carbocycles. The fourth-order valence-electron chi connectivity index (χ4n) is 3.79. The van der Waals surface area contributed by atoms with Crippen LogP contribution in [0.2, 0.25) is 0 Å². The van der Waals surface area contributed by atoms with Gasteiger partial charge in [-0.3, -0.25) is 0 Å². The monoisotopic (exact) mass is 436 g/mol. The number of aliphatic hydroxyl groups is 1. The van der Waals surface area contributed by atoms with Gasteiger partial charge in [-0.05, 0) is 0 Å². The molecule has 0 aliphatic rings. The van der Waals surface area contributed by atoms with Gasteiger partial charge in [0.2, 0.25) is 0 Å². The van der Waals surface area contributed by atoms with Crippen molar-refractivity contribution in [3.05, 3.63) is 101 Å².